The Kier molecular flexibility index (Phi) is 7.19. The van der Waals surface area contributed by atoms with Gasteiger partial charge in [-0.2, -0.15) is 0 Å². The molecule has 150 valence electrons. The molecule has 0 amide bonds. The molecule has 0 aromatic carbocycles. The zero-order valence-electron chi connectivity index (χ0n) is 16.5. The lowest BCUT2D eigenvalue weighted by molar-refractivity contribution is 0.0778. The van der Waals surface area contributed by atoms with Crippen LogP contribution >= 0.6 is 11.6 Å². The molecule has 0 radical (unpaired) electrons. The zero-order valence-corrected chi connectivity index (χ0v) is 17.3. The predicted molar refractivity (Wildman–Crippen MR) is 112 cm³/mol. The quantitative estimate of drug-likeness (QED) is 0.525. The Hall–Kier alpha value is -1.53. The van der Waals surface area contributed by atoms with E-state index in [2.05, 4.69) is 27.4 Å². The first-order valence-corrected chi connectivity index (χ1v) is 10.4. The smallest absolute Gasteiger partial charge is 0.191 e. The van der Waals surface area contributed by atoms with E-state index >= 15 is 0 Å². The molecule has 2 N–H and O–H groups in total. The Bertz CT molecular complexity index is 635. The molecule has 7 heteroatoms. The maximum atomic E-state index is 6.30. The highest BCUT2D eigenvalue weighted by Gasteiger charge is 2.36. The van der Waals surface area contributed by atoms with Crippen LogP contribution in [0.4, 0.5) is 5.82 Å². The van der Waals surface area contributed by atoms with Crippen molar-refractivity contribution in [1.82, 2.24) is 15.6 Å². The van der Waals surface area contributed by atoms with Crippen molar-refractivity contribution in [2.45, 2.75) is 45.1 Å². The summed E-state index contributed by atoms with van der Waals surface area (Å²) in [7, 11) is 1.78. The van der Waals surface area contributed by atoms with Crippen LogP contribution in [0.5, 0.6) is 0 Å². The van der Waals surface area contributed by atoms with E-state index < -0.39 is 0 Å². The predicted octanol–water partition coefficient (Wildman–Crippen LogP) is 3.08. The Morgan fingerprint density at radius 2 is 2.33 bits per heavy atom. The van der Waals surface area contributed by atoms with Gasteiger partial charge in [0.15, 0.2) is 5.96 Å². The fraction of sp³-hybridized carbons (Fsp3) is 0.700. The van der Waals surface area contributed by atoms with E-state index in [-0.39, 0.29) is 0 Å². The van der Waals surface area contributed by atoms with Gasteiger partial charge in [-0.05, 0) is 50.2 Å². The van der Waals surface area contributed by atoms with Gasteiger partial charge in [-0.15, -0.1) is 0 Å². The molecule has 1 aromatic rings. The van der Waals surface area contributed by atoms with Crippen LogP contribution in [0.15, 0.2) is 23.3 Å². The van der Waals surface area contributed by atoms with Gasteiger partial charge < -0.3 is 20.3 Å². The molecule has 6 nitrogen and oxygen atoms in total. The maximum absolute atomic E-state index is 6.30. The van der Waals surface area contributed by atoms with Crippen molar-refractivity contribution in [3.8, 4) is 0 Å². The van der Waals surface area contributed by atoms with Gasteiger partial charge in [0.25, 0.3) is 0 Å². The van der Waals surface area contributed by atoms with Gasteiger partial charge >= 0.3 is 0 Å². The topological polar surface area (TPSA) is 61.8 Å². The summed E-state index contributed by atoms with van der Waals surface area (Å²) in [4.78, 5) is 11.6. The average molecular weight is 394 g/mol. The number of pyridine rings is 1. The van der Waals surface area contributed by atoms with E-state index in [0.717, 1.165) is 57.4 Å². The number of hydrogen-bond donors (Lipinski definition) is 2. The third-order valence-electron chi connectivity index (χ3n) is 5.74. The largest absolute Gasteiger partial charge is 0.385 e. The number of anilines is 1. The van der Waals surface area contributed by atoms with Gasteiger partial charge in [-0.1, -0.05) is 18.0 Å². The number of rotatable bonds is 8. The van der Waals surface area contributed by atoms with Crippen molar-refractivity contribution in [3.63, 3.8) is 0 Å². The van der Waals surface area contributed by atoms with Crippen LogP contribution in [0, 0.1) is 5.41 Å². The van der Waals surface area contributed by atoms with Gasteiger partial charge in [0.05, 0.1) is 5.02 Å². The van der Waals surface area contributed by atoms with Gasteiger partial charge in [0.1, 0.15) is 5.82 Å². The standard InChI is InChI=1S/C20H32ClN5O/c1-3-22-19(24-15-20(8-5-9-20)10-13-27-2)25-16-7-12-26(14-16)18-17(21)6-4-11-23-18/h4,6,11,16H,3,5,7-10,12-15H2,1-2H3,(H2,22,24,25). The average Bonchev–Trinajstić information content (AvgIpc) is 3.09. The minimum absolute atomic E-state index is 0.335. The van der Waals surface area contributed by atoms with Crippen LogP contribution in [0.2, 0.25) is 5.02 Å². The summed E-state index contributed by atoms with van der Waals surface area (Å²) < 4.78 is 5.30. The lowest BCUT2D eigenvalue weighted by Gasteiger charge is -2.41. The molecule has 3 rings (SSSR count). The molecule has 1 aromatic heterocycles. The molecule has 2 aliphatic rings. The summed E-state index contributed by atoms with van der Waals surface area (Å²) in [5.41, 5.74) is 0.335. The first kappa shape index (κ1) is 20.2. The maximum Gasteiger partial charge on any atom is 0.191 e. The second-order valence-corrected chi connectivity index (χ2v) is 8.08. The minimum atomic E-state index is 0.335. The molecule has 1 atom stereocenters. The van der Waals surface area contributed by atoms with Crippen LogP contribution in [0.25, 0.3) is 0 Å². The molecule has 0 bridgehead atoms. The van der Waals surface area contributed by atoms with Crippen molar-refractivity contribution in [2.75, 3.05) is 44.8 Å². The first-order chi connectivity index (χ1) is 13.2. The van der Waals surface area contributed by atoms with Crippen molar-refractivity contribution in [1.29, 1.82) is 0 Å². The van der Waals surface area contributed by atoms with E-state index in [0.29, 0.717) is 16.5 Å². The number of nitrogens with one attached hydrogen (secondary N) is 2. The number of methoxy groups -OCH3 is 1. The fourth-order valence-corrected chi connectivity index (χ4v) is 4.16. The highest BCUT2D eigenvalue weighted by Crippen LogP contribution is 2.44. The number of aromatic nitrogens is 1. The number of ether oxygens (including phenoxy) is 1. The molecule has 0 spiro atoms. The van der Waals surface area contributed by atoms with Crippen molar-refractivity contribution >= 4 is 23.4 Å². The minimum Gasteiger partial charge on any atom is -0.385 e. The molecule has 1 unspecified atom stereocenters. The molecule has 2 heterocycles. The van der Waals surface area contributed by atoms with Crippen LogP contribution in [0.3, 0.4) is 0 Å². The monoisotopic (exact) mass is 393 g/mol. The van der Waals surface area contributed by atoms with Crippen LogP contribution < -0.4 is 15.5 Å². The number of halogens is 1. The first-order valence-electron chi connectivity index (χ1n) is 10.0. The molecule has 1 aliphatic carbocycles. The van der Waals surface area contributed by atoms with Crippen LogP contribution in [0.1, 0.15) is 39.0 Å². The Morgan fingerprint density at radius 3 is 3.00 bits per heavy atom. The summed E-state index contributed by atoms with van der Waals surface area (Å²) in [6, 6.07) is 4.11. The van der Waals surface area contributed by atoms with E-state index in [1.807, 2.05) is 12.1 Å². The normalized spacial score (nSPS) is 21.8. The number of aliphatic imine (C=N–C) groups is 1. The summed E-state index contributed by atoms with van der Waals surface area (Å²) in [5, 5.41) is 7.72. The van der Waals surface area contributed by atoms with Gasteiger partial charge in [0.2, 0.25) is 0 Å². The Balaban J connectivity index is 1.57. The van der Waals surface area contributed by atoms with E-state index in [1.54, 1.807) is 13.3 Å². The SMILES string of the molecule is CCNC(=NCC1(CCOC)CCC1)NC1CCN(c2ncccc2Cl)C1. The highest BCUT2D eigenvalue weighted by molar-refractivity contribution is 6.32. The summed E-state index contributed by atoms with van der Waals surface area (Å²) in [6.45, 7) is 6.49. The van der Waals surface area contributed by atoms with Gasteiger partial charge in [-0.3, -0.25) is 4.99 Å². The lowest BCUT2D eigenvalue weighted by Crippen LogP contribution is -2.45. The summed E-state index contributed by atoms with van der Waals surface area (Å²) in [6.07, 6.45) is 7.77. The zero-order chi connectivity index (χ0) is 19.1. The number of nitrogens with zero attached hydrogens (tertiary/aromatic N) is 3. The molecular weight excluding hydrogens is 362 g/mol. The highest BCUT2D eigenvalue weighted by atomic mass is 35.5. The van der Waals surface area contributed by atoms with Gasteiger partial charge in [-0.25, -0.2) is 4.98 Å². The molecule has 1 aliphatic heterocycles. The van der Waals surface area contributed by atoms with Crippen LogP contribution in [-0.2, 0) is 4.74 Å². The fourth-order valence-electron chi connectivity index (χ4n) is 3.92. The summed E-state index contributed by atoms with van der Waals surface area (Å²) in [5.74, 6) is 1.79. The number of guanidine groups is 1. The van der Waals surface area contributed by atoms with Crippen molar-refractivity contribution < 1.29 is 4.74 Å². The molecular formula is C20H32ClN5O. The van der Waals surface area contributed by atoms with Crippen molar-refractivity contribution in [2.24, 2.45) is 10.4 Å². The van der Waals surface area contributed by atoms with Crippen molar-refractivity contribution in [3.05, 3.63) is 23.4 Å². The van der Waals surface area contributed by atoms with Gasteiger partial charge in [0, 0.05) is 52.1 Å². The second kappa shape index (κ2) is 9.60. The molecule has 1 saturated carbocycles. The lowest BCUT2D eigenvalue weighted by atomic mass is 9.67. The molecule has 2 fully saturated rings. The van der Waals surface area contributed by atoms with Crippen LogP contribution in [-0.4, -0.2) is 56.9 Å². The third kappa shape index (κ3) is 5.26. The van der Waals surface area contributed by atoms with E-state index in [4.69, 9.17) is 21.3 Å². The molecule has 27 heavy (non-hydrogen) atoms. The summed E-state index contributed by atoms with van der Waals surface area (Å²) >= 11 is 6.30. The molecule has 1 saturated heterocycles. The Labute approximate surface area is 167 Å². The van der Waals surface area contributed by atoms with E-state index in [1.165, 1.54) is 19.3 Å². The van der Waals surface area contributed by atoms with E-state index in [9.17, 15) is 0 Å². The third-order valence-corrected chi connectivity index (χ3v) is 6.03. The Morgan fingerprint density at radius 1 is 1.48 bits per heavy atom. The second-order valence-electron chi connectivity index (χ2n) is 7.68. The number of hydrogen-bond acceptors (Lipinski definition) is 4.